The highest BCUT2D eigenvalue weighted by molar-refractivity contribution is 5.44. The van der Waals surface area contributed by atoms with Crippen LogP contribution < -0.4 is 15.5 Å². The van der Waals surface area contributed by atoms with Crippen LogP contribution in [0, 0.1) is 5.41 Å². The topological polar surface area (TPSA) is 71.2 Å². The Kier molecular flexibility index (Phi) is 3.78. The fourth-order valence-electron chi connectivity index (χ4n) is 2.44. The van der Waals surface area contributed by atoms with Crippen LogP contribution in [0.4, 0.5) is 17.8 Å². The number of hydrogen-bond donors (Lipinski definition) is 1. The van der Waals surface area contributed by atoms with Gasteiger partial charge in [-0.1, -0.05) is 13.8 Å². The van der Waals surface area contributed by atoms with E-state index in [2.05, 4.69) is 52.4 Å². The van der Waals surface area contributed by atoms with Gasteiger partial charge in [0.1, 0.15) is 0 Å². The third-order valence-electron chi connectivity index (χ3n) is 3.64. The largest absolute Gasteiger partial charge is 0.368 e. The zero-order valence-corrected chi connectivity index (χ0v) is 12.3. The highest BCUT2D eigenvalue weighted by Crippen LogP contribution is 2.31. The van der Waals surface area contributed by atoms with Gasteiger partial charge in [0, 0.05) is 26.2 Å². The van der Waals surface area contributed by atoms with Gasteiger partial charge in [0.05, 0.1) is 0 Å². The van der Waals surface area contributed by atoms with E-state index in [0.29, 0.717) is 23.3 Å². The molecular weight excluding hydrogens is 240 g/mol. The van der Waals surface area contributed by atoms with Crippen molar-refractivity contribution in [1.29, 1.82) is 0 Å². The van der Waals surface area contributed by atoms with Crippen LogP contribution in [0.15, 0.2) is 0 Å². The van der Waals surface area contributed by atoms with Crippen molar-refractivity contribution in [2.75, 3.05) is 41.7 Å². The van der Waals surface area contributed by atoms with Crippen molar-refractivity contribution in [3.05, 3.63) is 0 Å². The second kappa shape index (κ2) is 5.19. The molecular formula is C13H24N6. The molecule has 2 heterocycles. The van der Waals surface area contributed by atoms with E-state index in [9.17, 15) is 0 Å². The van der Waals surface area contributed by atoms with E-state index >= 15 is 0 Å². The monoisotopic (exact) mass is 264 g/mol. The summed E-state index contributed by atoms with van der Waals surface area (Å²) in [5, 5.41) is 0. The number of nitrogens with two attached hydrogens (primary N) is 1. The lowest BCUT2D eigenvalue weighted by Gasteiger charge is -2.23. The van der Waals surface area contributed by atoms with Crippen LogP contribution in [0.2, 0.25) is 0 Å². The Hall–Kier alpha value is -1.59. The molecule has 0 aliphatic carbocycles. The minimum absolute atomic E-state index is 0.302. The van der Waals surface area contributed by atoms with E-state index in [4.69, 9.17) is 5.73 Å². The molecule has 1 saturated heterocycles. The van der Waals surface area contributed by atoms with Crippen molar-refractivity contribution in [1.82, 2.24) is 15.0 Å². The smallest absolute Gasteiger partial charge is 0.231 e. The van der Waals surface area contributed by atoms with E-state index in [-0.39, 0.29) is 0 Å². The summed E-state index contributed by atoms with van der Waals surface area (Å²) < 4.78 is 0. The molecule has 19 heavy (non-hydrogen) atoms. The molecule has 1 aliphatic heterocycles. The Balaban J connectivity index is 2.27. The first kappa shape index (κ1) is 13.8. The van der Waals surface area contributed by atoms with Gasteiger partial charge in [0.25, 0.3) is 0 Å². The Bertz CT molecular complexity index is 441. The average molecular weight is 264 g/mol. The van der Waals surface area contributed by atoms with Gasteiger partial charge in [-0.05, 0) is 25.7 Å². The van der Waals surface area contributed by atoms with Crippen molar-refractivity contribution < 1.29 is 0 Å². The second-order valence-electron chi connectivity index (χ2n) is 5.80. The Labute approximate surface area is 115 Å². The summed E-state index contributed by atoms with van der Waals surface area (Å²) >= 11 is 0. The molecule has 1 aromatic rings. The predicted molar refractivity (Wildman–Crippen MR) is 78.4 cm³/mol. The number of hydrogen-bond acceptors (Lipinski definition) is 6. The summed E-state index contributed by atoms with van der Waals surface area (Å²) in [5.41, 5.74) is 6.14. The van der Waals surface area contributed by atoms with Crippen LogP contribution >= 0.6 is 0 Å². The molecule has 1 aromatic heterocycles. The molecule has 6 nitrogen and oxygen atoms in total. The van der Waals surface area contributed by atoms with E-state index < -0.39 is 0 Å². The molecule has 0 aromatic carbocycles. The molecule has 2 N–H and O–H groups in total. The first-order chi connectivity index (χ1) is 8.95. The SMILES string of the molecule is CCN(CC)c1nc(N)nc(N2CCC(C)(C)C2)n1. The zero-order chi connectivity index (χ0) is 14.0. The maximum absolute atomic E-state index is 5.83. The number of anilines is 3. The van der Waals surface area contributed by atoms with Crippen molar-refractivity contribution in [3.8, 4) is 0 Å². The minimum Gasteiger partial charge on any atom is -0.368 e. The van der Waals surface area contributed by atoms with Crippen LogP contribution in [0.25, 0.3) is 0 Å². The molecule has 0 bridgehead atoms. The highest BCUT2D eigenvalue weighted by Gasteiger charge is 2.31. The highest BCUT2D eigenvalue weighted by atomic mass is 15.4. The van der Waals surface area contributed by atoms with Gasteiger partial charge in [0.2, 0.25) is 17.8 Å². The molecule has 0 radical (unpaired) electrons. The normalized spacial score (nSPS) is 17.8. The van der Waals surface area contributed by atoms with E-state index in [1.165, 1.54) is 0 Å². The van der Waals surface area contributed by atoms with Gasteiger partial charge >= 0.3 is 0 Å². The Morgan fingerprint density at radius 2 is 1.89 bits per heavy atom. The lowest BCUT2D eigenvalue weighted by Crippen LogP contribution is -2.29. The maximum atomic E-state index is 5.83. The first-order valence-corrected chi connectivity index (χ1v) is 6.96. The summed E-state index contributed by atoms with van der Waals surface area (Å²) in [6.45, 7) is 12.4. The summed E-state index contributed by atoms with van der Waals surface area (Å²) in [4.78, 5) is 17.4. The van der Waals surface area contributed by atoms with E-state index in [0.717, 1.165) is 32.6 Å². The van der Waals surface area contributed by atoms with Crippen molar-refractivity contribution >= 4 is 17.8 Å². The zero-order valence-electron chi connectivity index (χ0n) is 12.3. The van der Waals surface area contributed by atoms with Crippen molar-refractivity contribution in [3.63, 3.8) is 0 Å². The lowest BCUT2D eigenvalue weighted by molar-refractivity contribution is 0.418. The third-order valence-corrected chi connectivity index (χ3v) is 3.64. The predicted octanol–water partition coefficient (Wildman–Crippen LogP) is 1.54. The van der Waals surface area contributed by atoms with Crippen LogP contribution in [-0.4, -0.2) is 41.1 Å². The Morgan fingerprint density at radius 1 is 1.21 bits per heavy atom. The molecule has 6 heteroatoms. The van der Waals surface area contributed by atoms with Gasteiger partial charge < -0.3 is 15.5 Å². The summed E-state index contributed by atoms with van der Waals surface area (Å²) in [7, 11) is 0. The van der Waals surface area contributed by atoms with Crippen molar-refractivity contribution in [2.24, 2.45) is 5.41 Å². The lowest BCUT2D eigenvalue weighted by atomic mass is 9.93. The summed E-state index contributed by atoms with van der Waals surface area (Å²) in [6.07, 6.45) is 1.15. The molecule has 0 spiro atoms. The standard InChI is InChI=1S/C13H24N6/c1-5-18(6-2)11-15-10(14)16-12(17-11)19-8-7-13(3,4)9-19/h5-9H2,1-4H3,(H2,14,15,16,17). The number of nitrogen functional groups attached to an aromatic ring is 1. The van der Waals surface area contributed by atoms with Gasteiger partial charge in [-0.25, -0.2) is 0 Å². The number of nitrogens with zero attached hydrogens (tertiary/aromatic N) is 5. The van der Waals surface area contributed by atoms with Crippen LogP contribution in [0.1, 0.15) is 34.1 Å². The second-order valence-corrected chi connectivity index (χ2v) is 5.80. The van der Waals surface area contributed by atoms with E-state index in [1.807, 2.05) is 0 Å². The summed E-state index contributed by atoms with van der Waals surface area (Å²) in [5.74, 6) is 1.69. The minimum atomic E-state index is 0.302. The molecule has 1 aliphatic rings. The van der Waals surface area contributed by atoms with Gasteiger partial charge in [-0.2, -0.15) is 15.0 Å². The first-order valence-electron chi connectivity index (χ1n) is 6.96. The van der Waals surface area contributed by atoms with Crippen LogP contribution in [0.5, 0.6) is 0 Å². The number of rotatable bonds is 4. The molecule has 106 valence electrons. The molecule has 0 unspecified atom stereocenters. The van der Waals surface area contributed by atoms with Gasteiger partial charge in [-0.3, -0.25) is 0 Å². The molecule has 0 amide bonds. The molecule has 0 atom stereocenters. The summed E-state index contributed by atoms with van der Waals surface area (Å²) in [6, 6.07) is 0. The molecule has 1 fully saturated rings. The van der Waals surface area contributed by atoms with Crippen LogP contribution in [-0.2, 0) is 0 Å². The van der Waals surface area contributed by atoms with E-state index in [1.54, 1.807) is 0 Å². The average Bonchev–Trinajstić information content (AvgIpc) is 2.71. The fraction of sp³-hybridized carbons (Fsp3) is 0.769. The number of aromatic nitrogens is 3. The van der Waals surface area contributed by atoms with Gasteiger partial charge in [0.15, 0.2) is 0 Å². The maximum Gasteiger partial charge on any atom is 0.231 e. The van der Waals surface area contributed by atoms with Crippen LogP contribution in [0.3, 0.4) is 0 Å². The van der Waals surface area contributed by atoms with Gasteiger partial charge in [-0.15, -0.1) is 0 Å². The quantitative estimate of drug-likeness (QED) is 0.889. The Morgan fingerprint density at radius 3 is 2.42 bits per heavy atom. The molecule has 2 rings (SSSR count). The third kappa shape index (κ3) is 3.05. The molecule has 0 saturated carbocycles. The van der Waals surface area contributed by atoms with Crippen molar-refractivity contribution in [2.45, 2.75) is 34.1 Å². The fourth-order valence-corrected chi connectivity index (χ4v) is 2.44.